The highest BCUT2D eigenvalue weighted by Crippen LogP contribution is 2.32. The van der Waals surface area contributed by atoms with Crippen molar-refractivity contribution < 1.29 is 19.3 Å². The number of nitrogens with zero attached hydrogens (tertiary/aromatic N) is 2. The van der Waals surface area contributed by atoms with Gasteiger partial charge in [0.15, 0.2) is 0 Å². The van der Waals surface area contributed by atoms with Gasteiger partial charge in [-0.3, -0.25) is 29.4 Å². The number of carbonyl (C=O) groups is 3. The molecule has 0 radical (unpaired) electrons. The molecule has 3 amide bonds. The van der Waals surface area contributed by atoms with Crippen LogP contribution in [0.3, 0.4) is 0 Å². The second kappa shape index (κ2) is 8.27. The summed E-state index contributed by atoms with van der Waals surface area (Å²) < 4.78 is 0. The van der Waals surface area contributed by atoms with Crippen LogP contribution in [0.5, 0.6) is 0 Å². The number of nitro groups is 1. The Morgan fingerprint density at radius 3 is 2.34 bits per heavy atom. The van der Waals surface area contributed by atoms with E-state index in [9.17, 15) is 24.5 Å². The van der Waals surface area contributed by atoms with Crippen molar-refractivity contribution >= 4 is 46.3 Å². The standard InChI is InChI=1S/C20H17N3O5S/c1-12-7-13(2)9-15(8-12)21-18(24)11-22-19(25)17(29-20(22)26)10-14-3-5-16(6-4-14)23(27)28/h3-10H,11H2,1-2H3,(H,21,24)/b17-10+. The van der Waals surface area contributed by atoms with Gasteiger partial charge in [-0.05, 0) is 72.6 Å². The van der Waals surface area contributed by atoms with Gasteiger partial charge in [0.1, 0.15) is 6.54 Å². The lowest BCUT2D eigenvalue weighted by molar-refractivity contribution is -0.384. The molecule has 1 aliphatic heterocycles. The average molecular weight is 411 g/mol. The number of thioether (sulfide) groups is 1. The van der Waals surface area contributed by atoms with Gasteiger partial charge < -0.3 is 5.32 Å². The Hall–Kier alpha value is -3.46. The Morgan fingerprint density at radius 2 is 1.76 bits per heavy atom. The summed E-state index contributed by atoms with van der Waals surface area (Å²) in [6, 6.07) is 11.2. The van der Waals surface area contributed by atoms with Crippen LogP contribution in [0, 0.1) is 24.0 Å². The SMILES string of the molecule is Cc1cc(C)cc(NC(=O)CN2C(=O)S/C(=C/c3ccc([N+](=O)[O-])cc3)C2=O)c1. The first-order valence-electron chi connectivity index (χ1n) is 8.61. The van der Waals surface area contributed by atoms with Gasteiger partial charge in [0.05, 0.1) is 9.83 Å². The van der Waals surface area contributed by atoms with E-state index < -0.39 is 28.5 Å². The highest BCUT2D eigenvalue weighted by Gasteiger charge is 2.36. The van der Waals surface area contributed by atoms with E-state index >= 15 is 0 Å². The van der Waals surface area contributed by atoms with Gasteiger partial charge in [-0.1, -0.05) is 6.07 Å². The van der Waals surface area contributed by atoms with Gasteiger partial charge >= 0.3 is 0 Å². The summed E-state index contributed by atoms with van der Waals surface area (Å²) in [7, 11) is 0. The summed E-state index contributed by atoms with van der Waals surface area (Å²) in [4.78, 5) is 48.2. The predicted octanol–water partition coefficient (Wildman–Crippen LogP) is 3.89. The van der Waals surface area contributed by atoms with Crippen molar-refractivity contribution in [2.24, 2.45) is 0 Å². The molecule has 29 heavy (non-hydrogen) atoms. The molecule has 0 saturated carbocycles. The molecule has 148 valence electrons. The van der Waals surface area contributed by atoms with Crippen LogP contribution in [0.15, 0.2) is 47.4 Å². The molecular formula is C20H17N3O5S. The van der Waals surface area contributed by atoms with E-state index in [1.165, 1.54) is 30.3 Å². The molecule has 2 aromatic rings. The van der Waals surface area contributed by atoms with Crippen LogP contribution in [0.2, 0.25) is 0 Å². The van der Waals surface area contributed by atoms with E-state index in [0.717, 1.165) is 27.8 Å². The van der Waals surface area contributed by atoms with Crippen LogP contribution in [-0.4, -0.2) is 33.4 Å². The van der Waals surface area contributed by atoms with E-state index in [0.29, 0.717) is 11.3 Å². The Kier molecular flexibility index (Phi) is 5.79. The second-order valence-corrected chi connectivity index (χ2v) is 7.53. The minimum absolute atomic E-state index is 0.0710. The molecule has 1 aliphatic rings. The molecule has 1 N–H and O–H groups in total. The number of nitrogens with one attached hydrogen (secondary N) is 1. The molecule has 0 spiro atoms. The molecule has 1 saturated heterocycles. The summed E-state index contributed by atoms with van der Waals surface area (Å²) in [6.45, 7) is 3.42. The van der Waals surface area contributed by atoms with Crippen molar-refractivity contribution in [2.75, 3.05) is 11.9 Å². The maximum atomic E-state index is 12.5. The number of rotatable bonds is 5. The Morgan fingerprint density at radius 1 is 1.14 bits per heavy atom. The topological polar surface area (TPSA) is 110 Å². The zero-order chi connectivity index (χ0) is 21.1. The first-order valence-corrected chi connectivity index (χ1v) is 9.42. The summed E-state index contributed by atoms with van der Waals surface area (Å²) >= 11 is 0.725. The summed E-state index contributed by atoms with van der Waals surface area (Å²) in [5.74, 6) is -1.05. The van der Waals surface area contributed by atoms with Gasteiger partial charge in [0.25, 0.3) is 16.8 Å². The van der Waals surface area contributed by atoms with Crippen LogP contribution in [0.25, 0.3) is 6.08 Å². The first kappa shape index (κ1) is 20.3. The predicted molar refractivity (Wildman–Crippen MR) is 110 cm³/mol. The molecule has 1 fully saturated rings. The normalized spacial score (nSPS) is 15.1. The summed E-state index contributed by atoms with van der Waals surface area (Å²) in [6.07, 6.45) is 1.47. The van der Waals surface area contributed by atoms with Gasteiger partial charge in [-0.25, -0.2) is 0 Å². The molecule has 0 unspecified atom stereocenters. The number of aryl methyl sites for hydroxylation is 2. The van der Waals surface area contributed by atoms with Crippen LogP contribution in [0.1, 0.15) is 16.7 Å². The van der Waals surface area contributed by atoms with Crippen molar-refractivity contribution in [3.63, 3.8) is 0 Å². The molecule has 1 heterocycles. The van der Waals surface area contributed by atoms with Crippen LogP contribution in [-0.2, 0) is 9.59 Å². The molecule has 0 aromatic heterocycles. The van der Waals surface area contributed by atoms with E-state index in [-0.39, 0.29) is 10.6 Å². The third-order valence-corrected chi connectivity index (χ3v) is 4.99. The lowest BCUT2D eigenvalue weighted by Crippen LogP contribution is -2.36. The Labute approximate surface area is 170 Å². The number of carbonyl (C=O) groups excluding carboxylic acids is 3. The number of anilines is 1. The van der Waals surface area contributed by atoms with Crippen LogP contribution in [0.4, 0.5) is 16.2 Å². The average Bonchev–Trinajstić information content (AvgIpc) is 2.88. The number of amides is 3. The molecule has 8 nitrogen and oxygen atoms in total. The number of imide groups is 1. The zero-order valence-corrected chi connectivity index (χ0v) is 16.5. The van der Waals surface area contributed by atoms with Crippen molar-refractivity contribution in [1.82, 2.24) is 4.90 Å². The second-order valence-electron chi connectivity index (χ2n) is 6.54. The van der Waals surface area contributed by atoms with Crippen molar-refractivity contribution in [3.8, 4) is 0 Å². The monoisotopic (exact) mass is 411 g/mol. The number of non-ortho nitro benzene ring substituents is 1. The van der Waals surface area contributed by atoms with Crippen LogP contribution >= 0.6 is 11.8 Å². The van der Waals surface area contributed by atoms with E-state index in [2.05, 4.69) is 5.32 Å². The van der Waals surface area contributed by atoms with Crippen LogP contribution < -0.4 is 5.32 Å². The van der Waals surface area contributed by atoms with Gasteiger partial charge in [0, 0.05) is 17.8 Å². The third kappa shape index (κ3) is 4.88. The number of nitro benzene ring substituents is 1. The lowest BCUT2D eigenvalue weighted by Gasteiger charge is -2.13. The molecule has 2 aromatic carbocycles. The lowest BCUT2D eigenvalue weighted by atomic mass is 10.1. The minimum atomic E-state index is -0.575. The van der Waals surface area contributed by atoms with Crippen molar-refractivity contribution in [1.29, 1.82) is 0 Å². The molecule has 9 heteroatoms. The highest BCUT2D eigenvalue weighted by molar-refractivity contribution is 8.18. The summed E-state index contributed by atoms with van der Waals surface area (Å²) in [5.41, 5.74) is 3.04. The molecular weight excluding hydrogens is 394 g/mol. The first-order chi connectivity index (χ1) is 13.7. The maximum absolute atomic E-state index is 12.5. The highest BCUT2D eigenvalue weighted by atomic mass is 32.2. The maximum Gasteiger partial charge on any atom is 0.294 e. The van der Waals surface area contributed by atoms with Gasteiger partial charge in [-0.15, -0.1) is 0 Å². The number of hydrogen-bond donors (Lipinski definition) is 1. The molecule has 0 atom stereocenters. The van der Waals surface area contributed by atoms with Gasteiger partial charge in [-0.2, -0.15) is 0 Å². The van der Waals surface area contributed by atoms with E-state index in [1.807, 2.05) is 19.9 Å². The molecule has 3 rings (SSSR count). The fourth-order valence-electron chi connectivity index (χ4n) is 2.87. The fourth-order valence-corrected chi connectivity index (χ4v) is 3.71. The number of hydrogen-bond acceptors (Lipinski definition) is 6. The third-order valence-electron chi connectivity index (χ3n) is 4.08. The van der Waals surface area contributed by atoms with Crippen molar-refractivity contribution in [2.45, 2.75) is 13.8 Å². The van der Waals surface area contributed by atoms with E-state index in [4.69, 9.17) is 0 Å². The fraction of sp³-hybridized carbons (Fsp3) is 0.150. The minimum Gasteiger partial charge on any atom is -0.325 e. The summed E-state index contributed by atoms with van der Waals surface area (Å²) in [5, 5.41) is 12.9. The van der Waals surface area contributed by atoms with Crippen molar-refractivity contribution in [3.05, 3.63) is 74.2 Å². The number of benzene rings is 2. The Bertz CT molecular complexity index is 1030. The molecule has 0 bridgehead atoms. The largest absolute Gasteiger partial charge is 0.325 e. The molecule has 0 aliphatic carbocycles. The zero-order valence-electron chi connectivity index (χ0n) is 15.7. The quantitative estimate of drug-likeness (QED) is 0.454. The Balaban J connectivity index is 1.69. The smallest absolute Gasteiger partial charge is 0.294 e. The van der Waals surface area contributed by atoms with E-state index in [1.54, 1.807) is 12.1 Å². The van der Waals surface area contributed by atoms with Gasteiger partial charge in [0.2, 0.25) is 5.91 Å².